The van der Waals surface area contributed by atoms with E-state index in [1.165, 1.54) is 0 Å². The van der Waals surface area contributed by atoms with E-state index >= 15 is 0 Å². The summed E-state index contributed by atoms with van der Waals surface area (Å²) in [5, 5.41) is 4.60. The molecule has 1 saturated heterocycles. The summed E-state index contributed by atoms with van der Waals surface area (Å²) >= 11 is 8.06. The molecule has 0 amide bonds. The zero-order chi connectivity index (χ0) is 13.7. The van der Waals surface area contributed by atoms with Gasteiger partial charge in [0.05, 0.1) is 24.4 Å². The lowest BCUT2D eigenvalue weighted by atomic mass is 9.95. The van der Waals surface area contributed by atoms with Crippen molar-refractivity contribution in [2.24, 2.45) is 5.92 Å². The minimum atomic E-state index is 0.107. The Morgan fingerprint density at radius 3 is 3.00 bits per heavy atom. The Bertz CT molecular complexity index is 430. The number of hydrogen-bond donors (Lipinski definition) is 0. The van der Waals surface area contributed by atoms with E-state index < -0.39 is 0 Å². The van der Waals surface area contributed by atoms with Crippen molar-refractivity contribution in [3.63, 3.8) is 0 Å². The molecule has 0 spiro atoms. The molecule has 4 nitrogen and oxygen atoms in total. The number of methoxy groups -OCH3 is 1. The number of hydrogen-bond acceptors (Lipinski definition) is 4. The molecule has 2 rings (SSSR count). The van der Waals surface area contributed by atoms with Crippen LogP contribution < -0.4 is 0 Å². The summed E-state index contributed by atoms with van der Waals surface area (Å²) in [5.74, 6) is 2.93. The van der Waals surface area contributed by atoms with Crippen LogP contribution in [-0.4, -0.2) is 40.8 Å². The number of Topliss-reactive ketones (excluding diaryl/α,β-unsaturated/α-hetero) is 1. The van der Waals surface area contributed by atoms with Crippen molar-refractivity contribution in [3.8, 4) is 0 Å². The summed E-state index contributed by atoms with van der Waals surface area (Å²) in [4.78, 5) is 12.4. The Kier molecular flexibility index (Phi) is 5.73. The predicted octanol–water partition coefficient (Wildman–Crippen LogP) is 2.90. The number of ketones is 1. The summed E-state index contributed by atoms with van der Waals surface area (Å²) in [6.07, 6.45) is 4.38. The maximum atomic E-state index is 12.4. The quantitative estimate of drug-likeness (QED) is 0.758. The Morgan fingerprint density at radius 2 is 2.32 bits per heavy atom. The zero-order valence-electron chi connectivity index (χ0n) is 11.1. The van der Waals surface area contributed by atoms with Gasteiger partial charge in [0.2, 0.25) is 0 Å². The average molecular weight is 303 g/mol. The Hall–Kier alpha value is -0.520. The second kappa shape index (κ2) is 7.31. The van der Waals surface area contributed by atoms with Crippen LogP contribution in [0.4, 0.5) is 0 Å². The number of ether oxygens (including phenoxy) is 1. The van der Waals surface area contributed by atoms with Crippen LogP contribution in [0.2, 0.25) is 5.02 Å². The van der Waals surface area contributed by atoms with Gasteiger partial charge in [0, 0.05) is 13.5 Å². The van der Waals surface area contributed by atoms with E-state index in [2.05, 4.69) is 5.10 Å². The van der Waals surface area contributed by atoms with E-state index in [1.807, 2.05) is 11.8 Å². The van der Waals surface area contributed by atoms with E-state index in [4.69, 9.17) is 16.3 Å². The highest BCUT2D eigenvalue weighted by molar-refractivity contribution is 7.99. The van der Waals surface area contributed by atoms with Gasteiger partial charge in [0.25, 0.3) is 0 Å². The van der Waals surface area contributed by atoms with Gasteiger partial charge in [0.15, 0.2) is 5.78 Å². The van der Waals surface area contributed by atoms with Crippen LogP contribution in [-0.2, 0) is 11.3 Å². The third kappa shape index (κ3) is 3.97. The number of aromatic nitrogens is 2. The summed E-state index contributed by atoms with van der Waals surface area (Å²) in [6.45, 7) is 1.09. The van der Waals surface area contributed by atoms with E-state index in [1.54, 1.807) is 18.0 Å². The first-order valence-corrected chi connectivity index (χ1v) is 8.07. The summed E-state index contributed by atoms with van der Waals surface area (Å²) in [5.41, 5.74) is 0.539. The highest BCUT2D eigenvalue weighted by atomic mass is 35.5. The third-order valence-corrected chi connectivity index (χ3v) is 4.71. The molecular formula is C13H19ClN2O2S. The first-order chi connectivity index (χ1) is 9.22. The molecule has 0 bridgehead atoms. The molecule has 0 radical (unpaired) electrons. The molecule has 1 aliphatic rings. The molecule has 6 heteroatoms. The Labute approximate surface area is 122 Å². The first-order valence-electron chi connectivity index (χ1n) is 6.53. The van der Waals surface area contributed by atoms with Gasteiger partial charge in [-0.15, -0.1) is 0 Å². The molecule has 0 atom stereocenters. The second-order valence-electron chi connectivity index (χ2n) is 4.74. The van der Waals surface area contributed by atoms with E-state index in [9.17, 15) is 4.79 Å². The molecular weight excluding hydrogens is 284 g/mol. The summed E-state index contributed by atoms with van der Waals surface area (Å²) < 4.78 is 6.68. The number of nitrogens with zero attached hydrogens (tertiary/aromatic N) is 2. The fourth-order valence-electron chi connectivity index (χ4n) is 2.30. The highest BCUT2D eigenvalue weighted by Crippen LogP contribution is 2.28. The van der Waals surface area contributed by atoms with E-state index in [-0.39, 0.29) is 5.78 Å². The number of rotatable bonds is 6. The van der Waals surface area contributed by atoms with Crippen molar-refractivity contribution in [1.29, 1.82) is 0 Å². The maximum Gasteiger partial charge on any atom is 0.182 e. The summed E-state index contributed by atoms with van der Waals surface area (Å²) in [6, 6.07) is 0. The number of halogens is 1. The SMILES string of the molecule is COCCn1ncc(Cl)c1C(=O)CC1CCSCC1. The molecule has 106 valence electrons. The van der Waals surface area contributed by atoms with Crippen molar-refractivity contribution in [2.45, 2.75) is 25.8 Å². The molecule has 0 N–H and O–H groups in total. The molecule has 0 saturated carbocycles. The van der Waals surface area contributed by atoms with Gasteiger partial charge < -0.3 is 4.74 Å². The Balaban J connectivity index is 2.02. The van der Waals surface area contributed by atoms with Crippen LogP contribution in [0, 0.1) is 5.92 Å². The van der Waals surface area contributed by atoms with Crippen LogP contribution >= 0.6 is 23.4 Å². The van der Waals surface area contributed by atoms with Gasteiger partial charge in [-0.2, -0.15) is 16.9 Å². The van der Waals surface area contributed by atoms with Gasteiger partial charge in [-0.1, -0.05) is 11.6 Å². The molecule has 2 heterocycles. The predicted molar refractivity (Wildman–Crippen MR) is 78.1 cm³/mol. The number of thioether (sulfide) groups is 1. The maximum absolute atomic E-state index is 12.4. The normalized spacial score (nSPS) is 16.7. The molecule has 0 aromatic carbocycles. The van der Waals surface area contributed by atoms with Crippen molar-refractivity contribution in [2.75, 3.05) is 25.2 Å². The lowest BCUT2D eigenvalue weighted by Gasteiger charge is -2.20. The van der Waals surface area contributed by atoms with Crippen molar-refractivity contribution < 1.29 is 9.53 Å². The van der Waals surface area contributed by atoms with E-state index in [0.717, 1.165) is 24.3 Å². The van der Waals surface area contributed by atoms with Crippen molar-refractivity contribution >= 4 is 29.1 Å². The van der Waals surface area contributed by atoms with Gasteiger partial charge in [0.1, 0.15) is 5.69 Å². The van der Waals surface area contributed by atoms with E-state index in [0.29, 0.717) is 36.2 Å². The number of carbonyl (C=O) groups excluding carboxylic acids is 1. The first kappa shape index (κ1) is 14.9. The fourth-order valence-corrected chi connectivity index (χ4v) is 3.75. The largest absolute Gasteiger partial charge is 0.383 e. The average Bonchev–Trinajstić information content (AvgIpc) is 2.78. The summed E-state index contributed by atoms with van der Waals surface area (Å²) in [7, 11) is 1.63. The standard InChI is InChI=1S/C13H19ClN2O2S/c1-18-5-4-16-13(11(14)9-15-16)12(17)8-10-2-6-19-7-3-10/h9-10H,2-8H2,1H3. The fraction of sp³-hybridized carbons (Fsp3) is 0.692. The van der Waals surface area contributed by atoms with Gasteiger partial charge in [-0.3, -0.25) is 9.48 Å². The topological polar surface area (TPSA) is 44.1 Å². The van der Waals surface area contributed by atoms with Crippen molar-refractivity contribution in [3.05, 3.63) is 16.9 Å². The van der Waals surface area contributed by atoms with Gasteiger partial charge in [-0.25, -0.2) is 0 Å². The van der Waals surface area contributed by atoms with Crippen LogP contribution in [0.15, 0.2) is 6.20 Å². The molecule has 1 fully saturated rings. The minimum Gasteiger partial charge on any atom is -0.383 e. The highest BCUT2D eigenvalue weighted by Gasteiger charge is 2.22. The molecule has 1 aromatic rings. The third-order valence-electron chi connectivity index (χ3n) is 3.38. The lowest BCUT2D eigenvalue weighted by molar-refractivity contribution is 0.0944. The molecule has 1 aliphatic heterocycles. The van der Waals surface area contributed by atoms with Crippen LogP contribution in [0.25, 0.3) is 0 Å². The second-order valence-corrected chi connectivity index (χ2v) is 6.37. The monoisotopic (exact) mass is 302 g/mol. The lowest BCUT2D eigenvalue weighted by Crippen LogP contribution is -2.18. The van der Waals surface area contributed by atoms with Crippen LogP contribution in [0.3, 0.4) is 0 Å². The number of carbonyl (C=O) groups is 1. The molecule has 0 aliphatic carbocycles. The zero-order valence-corrected chi connectivity index (χ0v) is 12.7. The molecule has 1 aromatic heterocycles. The molecule has 0 unspecified atom stereocenters. The van der Waals surface area contributed by atoms with Crippen LogP contribution in [0.5, 0.6) is 0 Å². The Morgan fingerprint density at radius 1 is 1.58 bits per heavy atom. The van der Waals surface area contributed by atoms with Gasteiger partial charge in [-0.05, 0) is 30.3 Å². The van der Waals surface area contributed by atoms with Gasteiger partial charge >= 0.3 is 0 Å². The minimum absolute atomic E-state index is 0.107. The molecule has 19 heavy (non-hydrogen) atoms. The van der Waals surface area contributed by atoms with Crippen LogP contribution in [0.1, 0.15) is 29.8 Å². The van der Waals surface area contributed by atoms with Crippen molar-refractivity contribution in [1.82, 2.24) is 9.78 Å². The smallest absolute Gasteiger partial charge is 0.182 e.